The van der Waals surface area contributed by atoms with Crippen molar-refractivity contribution in [2.45, 2.75) is 19.3 Å². The molecule has 2 heterocycles. The fraction of sp³-hybridized carbons (Fsp3) is 0.368. The number of amides is 2. The highest BCUT2D eigenvalue weighted by atomic mass is 16.2. The lowest BCUT2D eigenvalue weighted by molar-refractivity contribution is 0.252. The minimum atomic E-state index is -0.200. The van der Waals surface area contributed by atoms with E-state index in [0.29, 0.717) is 13.0 Å². The van der Waals surface area contributed by atoms with E-state index in [1.165, 1.54) is 5.56 Å². The van der Waals surface area contributed by atoms with Gasteiger partial charge in [-0.3, -0.25) is 0 Å². The van der Waals surface area contributed by atoms with Gasteiger partial charge in [0.1, 0.15) is 5.82 Å². The lowest BCUT2D eigenvalue weighted by Crippen LogP contribution is -2.30. The number of carbonyl (C=O) groups excluding carboxylic acids is 1. The van der Waals surface area contributed by atoms with E-state index in [0.717, 1.165) is 42.3 Å². The summed E-state index contributed by atoms with van der Waals surface area (Å²) in [4.78, 5) is 18.6. The van der Waals surface area contributed by atoms with Gasteiger partial charge < -0.3 is 20.9 Å². The number of aryl methyl sites for hydroxylation is 1. The van der Waals surface area contributed by atoms with Crippen LogP contribution in [0.15, 0.2) is 36.4 Å². The quantitative estimate of drug-likeness (QED) is 0.783. The van der Waals surface area contributed by atoms with Crippen molar-refractivity contribution < 1.29 is 4.79 Å². The van der Waals surface area contributed by atoms with E-state index in [-0.39, 0.29) is 6.03 Å². The molecule has 0 spiro atoms. The monoisotopic (exact) mass is 339 g/mol. The fourth-order valence-electron chi connectivity index (χ4n) is 2.83. The van der Waals surface area contributed by atoms with Gasteiger partial charge in [-0.2, -0.15) is 0 Å². The number of nitrogens with zero attached hydrogens (tertiary/aromatic N) is 2. The van der Waals surface area contributed by atoms with Crippen molar-refractivity contribution in [1.29, 1.82) is 0 Å². The molecule has 2 aromatic rings. The Morgan fingerprint density at radius 1 is 1.20 bits per heavy atom. The van der Waals surface area contributed by atoms with Crippen LogP contribution in [-0.4, -0.2) is 38.2 Å². The molecule has 0 saturated carbocycles. The number of rotatable bonds is 5. The summed E-state index contributed by atoms with van der Waals surface area (Å²) < 4.78 is 0. The van der Waals surface area contributed by atoms with E-state index in [1.807, 2.05) is 49.3 Å². The first kappa shape index (κ1) is 17.1. The summed E-state index contributed by atoms with van der Waals surface area (Å²) in [6, 6.07) is 11.7. The van der Waals surface area contributed by atoms with Gasteiger partial charge in [0.25, 0.3) is 0 Å². The second-order valence-corrected chi connectivity index (χ2v) is 6.41. The Kier molecular flexibility index (Phi) is 5.38. The SMILES string of the molecule is CN(C)c1ccc(NC(=O)NCCc2ccc3c(n2)NCCC3)cc1. The normalized spacial score (nSPS) is 12.7. The van der Waals surface area contributed by atoms with Gasteiger partial charge in [0, 0.05) is 50.7 Å². The maximum atomic E-state index is 12.0. The van der Waals surface area contributed by atoms with E-state index in [4.69, 9.17) is 0 Å². The van der Waals surface area contributed by atoms with Crippen LogP contribution < -0.4 is 20.9 Å². The summed E-state index contributed by atoms with van der Waals surface area (Å²) in [6.45, 7) is 1.53. The molecule has 2 amide bonds. The molecule has 0 bridgehead atoms. The second kappa shape index (κ2) is 7.88. The molecule has 1 aromatic carbocycles. The molecule has 0 atom stereocenters. The Morgan fingerprint density at radius 2 is 2.00 bits per heavy atom. The van der Waals surface area contributed by atoms with E-state index in [2.05, 4.69) is 27.0 Å². The number of pyridine rings is 1. The van der Waals surface area contributed by atoms with Crippen LogP contribution in [-0.2, 0) is 12.8 Å². The predicted molar refractivity (Wildman–Crippen MR) is 103 cm³/mol. The second-order valence-electron chi connectivity index (χ2n) is 6.41. The summed E-state index contributed by atoms with van der Waals surface area (Å²) in [5.41, 5.74) is 4.14. The van der Waals surface area contributed by atoms with Gasteiger partial charge in [-0.1, -0.05) is 6.07 Å². The first-order valence-electron chi connectivity index (χ1n) is 8.67. The van der Waals surface area contributed by atoms with Crippen LogP contribution in [0.4, 0.5) is 22.0 Å². The highest BCUT2D eigenvalue weighted by Gasteiger charge is 2.10. The van der Waals surface area contributed by atoms with E-state index < -0.39 is 0 Å². The van der Waals surface area contributed by atoms with Gasteiger partial charge in [0.05, 0.1) is 0 Å². The Morgan fingerprint density at radius 3 is 2.76 bits per heavy atom. The molecule has 6 heteroatoms. The zero-order chi connectivity index (χ0) is 17.6. The fourth-order valence-corrected chi connectivity index (χ4v) is 2.83. The number of hydrogen-bond acceptors (Lipinski definition) is 4. The molecule has 132 valence electrons. The standard InChI is InChI=1S/C19H25N5O/c1-24(2)17-9-7-15(8-10-17)23-19(25)21-13-11-16-6-5-14-4-3-12-20-18(14)22-16/h5-10H,3-4,11-13H2,1-2H3,(H,20,22)(H2,21,23,25). The molecule has 3 rings (SSSR count). The zero-order valence-corrected chi connectivity index (χ0v) is 14.8. The minimum Gasteiger partial charge on any atom is -0.378 e. The third kappa shape index (κ3) is 4.62. The van der Waals surface area contributed by atoms with Crippen molar-refractivity contribution in [3.8, 4) is 0 Å². The molecule has 1 aromatic heterocycles. The van der Waals surface area contributed by atoms with Crippen LogP contribution in [0, 0.1) is 0 Å². The summed E-state index contributed by atoms with van der Waals surface area (Å²) in [5, 5.41) is 9.05. The third-order valence-electron chi connectivity index (χ3n) is 4.26. The summed E-state index contributed by atoms with van der Waals surface area (Å²) >= 11 is 0. The number of fused-ring (bicyclic) bond motifs is 1. The Balaban J connectivity index is 1.46. The molecule has 0 saturated heterocycles. The van der Waals surface area contributed by atoms with Crippen molar-refractivity contribution in [2.75, 3.05) is 42.7 Å². The van der Waals surface area contributed by atoms with Crippen molar-refractivity contribution >= 4 is 23.2 Å². The number of aromatic nitrogens is 1. The lowest BCUT2D eigenvalue weighted by Gasteiger charge is -2.17. The largest absolute Gasteiger partial charge is 0.378 e. The number of urea groups is 1. The molecule has 1 aliphatic rings. The van der Waals surface area contributed by atoms with Gasteiger partial charge >= 0.3 is 6.03 Å². The van der Waals surface area contributed by atoms with E-state index >= 15 is 0 Å². The van der Waals surface area contributed by atoms with Gasteiger partial charge in [0.2, 0.25) is 0 Å². The first-order valence-corrected chi connectivity index (χ1v) is 8.67. The van der Waals surface area contributed by atoms with Gasteiger partial charge in [-0.05, 0) is 48.7 Å². The molecule has 25 heavy (non-hydrogen) atoms. The van der Waals surface area contributed by atoms with Crippen molar-refractivity contribution in [3.63, 3.8) is 0 Å². The van der Waals surface area contributed by atoms with Crippen LogP contribution in [0.3, 0.4) is 0 Å². The number of hydrogen-bond donors (Lipinski definition) is 3. The highest BCUT2D eigenvalue weighted by Crippen LogP contribution is 2.19. The molecule has 1 aliphatic heterocycles. The Hall–Kier alpha value is -2.76. The third-order valence-corrected chi connectivity index (χ3v) is 4.26. The topological polar surface area (TPSA) is 69.3 Å². The summed E-state index contributed by atoms with van der Waals surface area (Å²) in [6.07, 6.45) is 2.95. The zero-order valence-electron chi connectivity index (χ0n) is 14.8. The summed E-state index contributed by atoms with van der Waals surface area (Å²) in [5.74, 6) is 0.995. The van der Waals surface area contributed by atoms with E-state index in [1.54, 1.807) is 0 Å². The Labute approximate surface area is 148 Å². The van der Waals surface area contributed by atoms with Gasteiger partial charge in [0.15, 0.2) is 0 Å². The lowest BCUT2D eigenvalue weighted by atomic mass is 10.1. The first-order chi connectivity index (χ1) is 12.1. The van der Waals surface area contributed by atoms with Crippen LogP contribution in [0.5, 0.6) is 0 Å². The van der Waals surface area contributed by atoms with E-state index in [9.17, 15) is 4.79 Å². The molecular weight excluding hydrogens is 314 g/mol. The predicted octanol–water partition coefficient (Wildman–Crippen LogP) is 2.87. The Bertz CT molecular complexity index is 727. The average molecular weight is 339 g/mol. The minimum absolute atomic E-state index is 0.200. The van der Waals surface area contributed by atoms with Gasteiger partial charge in [-0.15, -0.1) is 0 Å². The molecule has 0 aliphatic carbocycles. The highest BCUT2D eigenvalue weighted by molar-refractivity contribution is 5.89. The van der Waals surface area contributed by atoms with Crippen LogP contribution in [0.25, 0.3) is 0 Å². The molecule has 6 nitrogen and oxygen atoms in total. The van der Waals surface area contributed by atoms with Crippen molar-refractivity contribution in [2.24, 2.45) is 0 Å². The van der Waals surface area contributed by atoms with Crippen molar-refractivity contribution in [3.05, 3.63) is 47.7 Å². The molecule has 0 radical (unpaired) electrons. The summed E-state index contributed by atoms with van der Waals surface area (Å²) in [7, 11) is 3.97. The maximum absolute atomic E-state index is 12.0. The molecule has 3 N–H and O–H groups in total. The number of benzene rings is 1. The number of carbonyl (C=O) groups is 1. The number of anilines is 3. The van der Waals surface area contributed by atoms with Crippen molar-refractivity contribution in [1.82, 2.24) is 10.3 Å². The number of nitrogens with one attached hydrogen (secondary N) is 3. The smallest absolute Gasteiger partial charge is 0.319 e. The van der Waals surface area contributed by atoms with Crippen LogP contribution in [0.1, 0.15) is 17.7 Å². The molecular formula is C19H25N5O. The van der Waals surface area contributed by atoms with Gasteiger partial charge in [-0.25, -0.2) is 9.78 Å². The van der Waals surface area contributed by atoms with Crippen LogP contribution in [0.2, 0.25) is 0 Å². The maximum Gasteiger partial charge on any atom is 0.319 e. The van der Waals surface area contributed by atoms with Crippen LogP contribution >= 0.6 is 0 Å². The molecule has 0 fully saturated rings. The average Bonchev–Trinajstić information content (AvgIpc) is 2.62. The molecule has 0 unspecified atom stereocenters.